The van der Waals surface area contributed by atoms with Gasteiger partial charge in [0.2, 0.25) is 0 Å². The molecule has 0 spiro atoms. The number of aryl methyl sites for hydroxylation is 2. The van der Waals surface area contributed by atoms with Gasteiger partial charge in [-0.1, -0.05) is 34.1 Å². The molecule has 1 aromatic rings. The lowest BCUT2D eigenvalue weighted by Gasteiger charge is -1.93. The Morgan fingerprint density at radius 1 is 0.917 bits per heavy atom. The summed E-state index contributed by atoms with van der Waals surface area (Å²) in [6, 6.07) is 0. The second kappa shape index (κ2) is 7.35. The largest absolute Gasteiger partial charge is 0.152 e. The molecule has 0 N–H and O–H groups in total. The van der Waals surface area contributed by atoms with Crippen LogP contribution in [0.5, 0.6) is 0 Å². The Morgan fingerprint density at radius 2 is 1.25 bits per heavy atom. The van der Waals surface area contributed by atoms with Crippen LogP contribution in [0.15, 0.2) is 10.8 Å². The van der Waals surface area contributed by atoms with Gasteiger partial charge in [0.25, 0.3) is 0 Å². The summed E-state index contributed by atoms with van der Waals surface area (Å²) >= 11 is 1.82. The van der Waals surface area contributed by atoms with E-state index in [9.17, 15) is 0 Å². The van der Waals surface area contributed by atoms with E-state index in [0.29, 0.717) is 0 Å². The third-order valence-electron chi connectivity index (χ3n) is 1.59. The van der Waals surface area contributed by atoms with Crippen LogP contribution in [-0.2, 0) is 12.8 Å². The minimum Gasteiger partial charge on any atom is -0.152 e. The summed E-state index contributed by atoms with van der Waals surface area (Å²) in [6.07, 6.45) is 3.62. The summed E-state index contributed by atoms with van der Waals surface area (Å²) in [6.45, 7) is 8.67. The van der Waals surface area contributed by atoms with Crippen LogP contribution in [0.3, 0.4) is 0 Å². The van der Waals surface area contributed by atoms with E-state index in [-0.39, 0.29) is 0 Å². The quantitative estimate of drug-likeness (QED) is 0.643. The zero-order valence-electron chi connectivity index (χ0n) is 8.68. The Labute approximate surface area is 80.6 Å². The lowest BCUT2D eigenvalue weighted by Crippen LogP contribution is -1.81. The first-order valence-electron chi connectivity index (χ1n) is 4.83. The first-order chi connectivity index (χ1) is 5.79. The summed E-state index contributed by atoms with van der Waals surface area (Å²) in [5, 5.41) is 4.50. The molecule has 0 amide bonds. The summed E-state index contributed by atoms with van der Waals surface area (Å²) < 4.78 is 0. The van der Waals surface area contributed by atoms with Gasteiger partial charge in [-0.15, -0.1) is 0 Å². The molecule has 0 saturated carbocycles. The van der Waals surface area contributed by atoms with Crippen molar-refractivity contribution in [2.45, 2.75) is 47.0 Å². The highest BCUT2D eigenvalue weighted by molar-refractivity contribution is 7.08. The SMILES string of the molecule is CCC.CCc1cscc1CC. The van der Waals surface area contributed by atoms with Gasteiger partial charge in [0.05, 0.1) is 0 Å². The molecule has 0 atom stereocenters. The second-order valence-corrected chi connectivity index (χ2v) is 3.58. The van der Waals surface area contributed by atoms with Crippen molar-refractivity contribution in [3.63, 3.8) is 0 Å². The van der Waals surface area contributed by atoms with E-state index in [1.54, 1.807) is 0 Å². The van der Waals surface area contributed by atoms with Crippen molar-refractivity contribution in [1.82, 2.24) is 0 Å². The Kier molecular flexibility index (Phi) is 7.17. The van der Waals surface area contributed by atoms with Gasteiger partial charge >= 0.3 is 0 Å². The average Bonchev–Trinajstić information content (AvgIpc) is 2.52. The van der Waals surface area contributed by atoms with Crippen LogP contribution in [0.1, 0.15) is 45.2 Å². The van der Waals surface area contributed by atoms with Crippen LogP contribution >= 0.6 is 11.3 Å². The molecule has 0 aliphatic heterocycles. The van der Waals surface area contributed by atoms with Gasteiger partial charge in [0.15, 0.2) is 0 Å². The van der Waals surface area contributed by atoms with Crippen molar-refractivity contribution in [1.29, 1.82) is 0 Å². The minimum atomic E-state index is 1.19. The highest BCUT2D eigenvalue weighted by atomic mass is 32.1. The number of rotatable bonds is 2. The molecule has 70 valence electrons. The highest BCUT2D eigenvalue weighted by Crippen LogP contribution is 2.15. The summed E-state index contributed by atoms with van der Waals surface area (Å²) in [5.41, 5.74) is 3.06. The Bertz CT molecular complexity index is 170. The molecule has 0 radical (unpaired) electrons. The number of hydrogen-bond donors (Lipinski definition) is 0. The van der Waals surface area contributed by atoms with Gasteiger partial charge in [-0.3, -0.25) is 0 Å². The molecule has 1 heteroatoms. The van der Waals surface area contributed by atoms with E-state index < -0.39 is 0 Å². The molecule has 0 fully saturated rings. The van der Waals surface area contributed by atoms with E-state index in [4.69, 9.17) is 0 Å². The monoisotopic (exact) mass is 184 g/mol. The topological polar surface area (TPSA) is 0 Å². The van der Waals surface area contributed by atoms with E-state index in [1.165, 1.54) is 30.4 Å². The highest BCUT2D eigenvalue weighted by Gasteiger charge is 1.96. The lowest BCUT2D eigenvalue weighted by molar-refractivity contribution is 1.06. The zero-order chi connectivity index (χ0) is 9.40. The van der Waals surface area contributed by atoms with E-state index in [2.05, 4.69) is 38.5 Å². The van der Waals surface area contributed by atoms with Crippen LogP contribution in [0, 0.1) is 0 Å². The van der Waals surface area contributed by atoms with Crippen molar-refractivity contribution in [3.05, 3.63) is 21.9 Å². The fraction of sp³-hybridized carbons (Fsp3) is 0.636. The standard InChI is InChI=1S/C8H12S.C3H8/c1-3-7-5-9-6-8(7)4-2;1-3-2/h5-6H,3-4H2,1-2H3;3H2,1-2H3. The number of thiophene rings is 1. The maximum atomic E-state index is 2.25. The molecule has 1 rings (SSSR count). The van der Waals surface area contributed by atoms with E-state index >= 15 is 0 Å². The molecule has 0 aliphatic rings. The predicted molar refractivity (Wildman–Crippen MR) is 59.0 cm³/mol. The summed E-state index contributed by atoms with van der Waals surface area (Å²) in [4.78, 5) is 0. The predicted octanol–water partition coefficient (Wildman–Crippen LogP) is 4.29. The van der Waals surface area contributed by atoms with Crippen molar-refractivity contribution in [2.24, 2.45) is 0 Å². The smallest absolute Gasteiger partial charge is 0.00585 e. The molecular weight excluding hydrogens is 164 g/mol. The van der Waals surface area contributed by atoms with E-state index in [0.717, 1.165) is 0 Å². The van der Waals surface area contributed by atoms with Crippen molar-refractivity contribution in [2.75, 3.05) is 0 Å². The van der Waals surface area contributed by atoms with Crippen LogP contribution in [0.2, 0.25) is 0 Å². The van der Waals surface area contributed by atoms with Gasteiger partial charge in [-0.2, -0.15) is 11.3 Å². The van der Waals surface area contributed by atoms with Crippen LogP contribution < -0.4 is 0 Å². The molecule has 0 bridgehead atoms. The van der Waals surface area contributed by atoms with Gasteiger partial charge in [0.1, 0.15) is 0 Å². The van der Waals surface area contributed by atoms with Crippen LogP contribution in [0.4, 0.5) is 0 Å². The normalized spacial score (nSPS) is 9.00. The van der Waals surface area contributed by atoms with Crippen molar-refractivity contribution >= 4 is 11.3 Å². The minimum absolute atomic E-state index is 1.19. The molecular formula is C11H20S. The lowest BCUT2D eigenvalue weighted by atomic mass is 10.1. The number of hydrogen-bond acceptors (Lipinski definition) is 1. The molecule has 12 heavy (non-hydrogen) atoms. The third-order valence-corrected chi connectivity index (χ3v) is 2.44. The van der Waals surface area contributed by atoms with Crippen LogP contribution in [0.25, 0.3) is 0 Å². The van der Waals surface area contributed by atoms with Gasteiger partial charge in [0, 0.05) is 0 Å². The van der Waals surface area contributed by atoms with Gasteiger partial charge < -0.3 is 0 Å². The summed E-state index contributed by atoms with van der Waals surface area (Å²) in [7, 11) is 0. The Hall–Kier alpha value is -0.300. The molecule has 0 saturated heterocycles. The molecule has 1 aromatic heterocycles. The zero-order valence-corrected chi connectivity index (χ0v) is 9.50. The Balaban J connectivity index is 0.000000354. The average molecular weight is 184 g/mol. The van der Waals surface area contributed by atoms with E-state index in [1.807, 2.05) is 11.3 Å². The van der Waals surface area contributed by atoms with Crippen molar-refractivity contribution < 1.29 is 0 Å². The fourth-order valence-corrected chi connectivity index (χ4v) is 2.00. The van der Waals surface area contributed by atoms with Gasteiger partial charge in [-0.05, 0) is 34.7 Å². The van der Waals surface area contributed by atoms with Crippen LogP contribution in [-0.4, -0.2) is 0 Å². The van der Waals surface area contributed by atoms with Gasteiger partial charge in [-0.25, -0.2) is 0 Å². The molecule has 0 unspecified atom stereocenters. The van der Waals surface area contributed by atoms with Crippen molar-refractivity contribution in [3.8, 4) is 0 Å². The third kappa shape index (κ3) is 3.91. The fourth-order valence-electron chi connectivity index (χ4n) is 0.970. The maximum Gasteiger partial charge on any atom is -0.00585 e. The maximum absolute atomic E-state index is 2.25. The first kappa shape index (κ1) is 11.7. The molecule has 1 heterocycles. The molecule has 0 aromatic carbocycles. The second-order valence-electron chi connectivity index (χ2n) is 2.84. The molecule has 0 nitrogen and oxygen atoms in total. The molecule has 0 aliphatic carbocycles. The Morgan fingerprint density at radius 3 is 1.50 bits per heavy atom. The first-order valence-corrected chi connectivity index (χ1v) is 5.78. The summed E-state index contributed by atoms with van der Waals surface area (Å²) in [5.74, 6) is 0.